The number of methoxy groups -OCH3 is 1. The fraction of sp³-hybridized carbons (Fsp3) is 0.536. The van der Waals surface area contributed by atoms with Gasteiger partial charge in [0, 0.05) is 55.3 Å². The van der Waals surface area contributed by atoms with Crippen LogP contribution in [0.4, 0.5) is 4.39 Å². The van der Waals surface area contributed by atoms with Crippen molar-refractivity contribution >= 4 is 96.9 Å². The Morgan fingerprint density at radius 2 is 1.61 bits per heavy atom. The van der Waals surface area contributed by atoms with Gasteiger partial charge < -0.3 is 70.9 Å². The zero-order valence-corrected chi connectivity index (χ0v) is 52.4. The third kappa shape index (κ3) is 18.9. The Labute approximate surface area is 493 Å². The van der Waals surface area contributed by atoms with Crippen LogP contribution in [0.25, 0.3) is 22.3 Å². The van der Waals surface area contributed by atoms with Crippen LogP contribution in [-0.2, 0) is 77.0 Å². The molecule has 1 aliphatic heterocycles. The molecule has 26 heteroatoms. The number of carboxylic acids is 1. The van der Waals surface area contributed by atoms with Crippen LogP contribution in [0.3, 0.4) is 0 Å². The zero-order valence-electron chi connectivity index (χ0n) is 48.6. The average Bonchev–Trinajstić information content (AvgIpc) is 3.78. The number of allylic oxidation sites excluding steroid dienone is 1. The predicted molar refractivity (Wildman–Crippen MR) is 305 cm³/mol. The molecular formula is C56H80FN10O14Pb. The van der Waals surface area contributed by atoms with Crippen LogP contribution in [-0.4, -0.2) is 185 Å². The Morgan fingerprint density at radius 3 is 2.20 bits per heavy atom. The third-order valence-electron chi connectivity index (χ3n) is 13.5. The Kier molecular flexibility index (Phi) is 32.0. The molecule has 24 nitrogen and oxygen atoms in total. The number of aryl methyl sites for hydroxylation is 1. The molecular weight excluding hydrogens is 1260 g/mol. The average molecular weight is 1340 g/mol. The van der Waals surface area contributed by atoms with Crippen molar-refractivity contribution in [1.29, 1.82) is 0 Å². The van der Waals surface area contributed by atoms with E-state index in [1.807, 2.05) is 40.7 Å². The SMILES string of the molecule is CC.CC.CCC(C=O)c1cc2n(c(=O)c1COC)Cc1c-2nc2cc(F)c(C)c3c2c1C(NC(=O)C1(COCNC(=O)CNC(=O)CNC)CCC1)CC3.CN(C(=O)/C=C\C=O)C(CNCC(=O)O)C(=O)NCC(=O)NCC=O.[CH3][Pb]. The summed E-state index contributed by atoms with van der Waals surface area (Å²) < 4.78 is 30.3. The maximum atomic E-state index is 15.3. The van der Waals surface area contributed by atoms with Crippen LogP contribution in [0.15, 0.2) is 29.1 Å². The number of hydrogen-bond donors (Lipinski definition) is 8. The number of amides is 6. The molecule has 8 N–H and O–H groups in total. The third-order valence-corrected chi connectivity index (χ3v) is 13.5. The van der Waals surface area contributed by atoms with Crippen molar-refractivity contribution in [2.45, 2.75) is 116 Å². The summed E-state index contributed by atoms with van der Waals surface area (Å²) in [6, 6.07) is 1.70. The summed E-state index contributed by atoms with van der Waals surface area (Å²) in [5, 5.41) is 27.5. The van der Waals surface area contributed by atoms with Crippen LogP contribution >= 0.6 is 0 Å². The molecule has 1 saturated carbocycles. The zero-order chi connectivity index (χ0) is 61.7. The van der Waals surface area contributed by atoms with Crippen LogP contribution in [0.1, 0.15) is 112 Å². The van der Waals surface area contributed by atoms with E-state index in [0.29, 0.717) is 78.3 Å². The standard InChI is InChI=1S/C37H45FN6O7.C14H20N4O7.2C2H6.CH3.Pb/c1-5-21(16-45)23-11-29-34-24(15-44(29)35(48)25(23)17-50-4)33-27(8-7-22-20(2)26(38)12-28(42-34)32(22)33)43-36(49)37(9-6-10-37)18-51-19-41-31(47)14-40-30(46)13-39-3;1-18(12(22)3-2-5-19)10(7-15-9-13(23)24)14(25)17-8-11(21)16-4-6-20;2*1-2;;/h11-12,16,21,27,39H,5-10,13-15,17-19H2,1-4H3,(H,40,46)(H,41,47)(H,43,49);2-3,5-6,10,15H,4,7-9H2,1H3,(H,16,21)(H,17,25)(H,23,24);2*1-2H3;1H3;/b;3-2-;;;;. The monoisotopic (exact) mass is 1340 g/mol. The molecule has 1 fully saturated rings. The van der Waals surface area contributed by atoms with E-state index in [2.05, 4.69) is 41.7 Å². The molecule has 3 aromatic rings. The molecule has 0 saturated heterocycles. The van der Waals surface area contributed by atoms with Crippen LogP contribution in [0, 0.1) is 18.2 Å². The van der Waals surface area contributed by atoms with Gasteiger partial charge in [-0.25, -0.2) is 9.37 Å². The van der Waals surface area contributed by atoms with E-state index >= 15 is 4.39 Å². The van der Waals surface area contributed by atoms with Crippen LogP contribution < -0.4 is 42.8 Å². The molecule has 6 amide bonds. The number of rotatable bonds is 27. The number of aldehydes is 3. The van der Waals surface area contributed by atoms with E-state index in [1.165, 1.54) is 46.0 Å². The van der Waals surface area contributed by atoms with E-state index in [0.717, 1.165) is 51.8 Å². The molecule has 3 heterocycles. The molecule has 3 radical (unpaired) electrons. The fourth-order valence-corrected chi connectivity index (χ4v) is 9.33. The first kappa shape index (κ1) is 71.4. The van der Waals surface area contributed by atoms with Gasteiger partial charge in [-0.05, 0) is 80.5 Å². The van der Waals surface area contributed by atoms with Gasteiger partial charge in [-0.2, -0.15) is 0 Å². The van der Waals surface area contributed by atoms with Gasteiger partial charge >= 0.3 is 36.2 Å². The summed E-state index contributed by atoms with van der Waals surface area (Å²) in [7, 11) is 4.43. The quantitative estimate of drug-likeness (QED) is 0.0137. The Morgan fingerprint density at radius 1 is 0.951 bits per heavy atom. The summed E-state index contributed by atoms with van der Waals surface area (Å²) >= 11 is 1.31. The normalized spacial score (nSPS) is 14.4. The molecule has 3 atom stereocenters. The second kappa shape index (κ2) is 36.7. The number of carboxylic acid groups (broad SMARTS) is 1. The molecule has 6 rings (SSSR count). The van der Waals surface area contributed by atoms with Gasteiger partial charge in [-0.1, -0.05) is 41.0 Å². The number of nitrogens with zero attached hydrogens (tertiary/aromatic N) is 3. The number of aromatic nitrogens is 2. The van der Waals surface area contributed by atoms with Crippen molar-refractivity contribution in [3.63, 3.8) is 0 Å². The summed E-state index contributed by atoms with van der Waals surface area (Å²) in [5.41, 5.74) is 4.50. The van der Waals surface area contributed by atoms with Gasteiger partial charge in [0.05, 0.1) is 80.8 Å². The molecule has 3 aliphatic rings. The van der Waals surface area contributed by atoms with Crippen molar-refractivity contribution in [2.24, 2.45) is 5.41 Å². The maximum absolute atomic E-state index is 15.3. The second-order valence-electron chi connectivity index (χ2n) is 18.4. The van der Waals surface area contributed by atoms with Gasteiger partial charge in [0.15, 0.2) is 0 Å². The van der Waals surface area contributed by atoms with E-state index in [-0.39, 0.29) is 75.9 Å². The van der Waals surface area contributed by atoms with E-state index < -0.39 is 66.1 Å². The van der Waals surface area contributed by atoms with E-state index in [4.69, 9.17) is 19.6 Å². The first-order valence-corrected chi connectivity index (χ1v) is 31.0. The number of aliphatic carboxylic acids is 1. The number of fused-ring (bicyclic) bond motifs is 4. The minimum atomic E-state index is -1.15. The Bertz CT molecular complexity index is 2820. The minimum absolute atomic E-state index is 0.0473. The van der Waals surface area contributed by atoms with Crippen molar-refractivity contribution < 1.29 is 66.9 Å². The number of halogens is 1. The molecule has 449 valence electrons. The summed E-state index contributed by atoms with van der Waals surface area (Å²) in [6.07, 6.45) is 7.25. The number of nitrogens with one attached hydrogen (secondary N) is 7. The molecule has 82 heavy (non-hydrogen) atoms. The van der Waals surface area contributed by atoms with Crippen LogP contribution in [0.5, 0.6) is 0 Å². The Hall–Kier alpha value is -6.69. The second-order valence-corrected chi connectivity index (χ2v) is 18.4. The van der Waals surface area contributed by atoms with Gasteiger partial charge in [0.25, 0.3) is 5.56 Å². The predicted octanol–water partition coefficient (Wildman–Crippen LogP) is 1.34. The topological polar surface area (TPSA) is 332 Å². The van der Waals surface area contributed by atoms with Gasteiger partial charge in [0.2, 0.25) is 35.4 Å². The van der Waals surface area contributed by atoms with Gasteiger partial charge in [0.1, 0.15) is 37.4 Å². The van der Waals surface area contributed by atoms with Gasteiger partial charge in [-0.3, -0.25) is 43.2 Å². The first-order valence-electron chi connectivity index (χ1n) is 27.1. The first-order chi connectivity index (χ1) is 39.4. The number of carbonyl (C=O) groups excluding carboxylic acids is 9. The van der Waals surface area contributed by atoms with E-state index in [9.17, 15) is 52.7 Å². The van der Waals surface area contributed by atoms with Crippen molar-refractivity contribution in [3.8, 4) is 11.4 Å². The Balaban J connectivity index is 0.000000627. The number of benzene rings is 1. The number of likely N-dealkylation sites (N-methyl/N-ethyl adjacent to an activating group) is 2. The molecule has 2 aromatic heterocycles. The summed E-state index contributed by atoms with van der Waals surface area (Å²) in [5.74, 6) is -4.88. The van der Waals surface area contributed by atoms with Crippen molar-refractivity contribution in [1.82, 2.24) is 51.7 Å². The molecule has 2 aliphatic carbocycles. The molecule has 0 spiro atoms. The van der Waals surface area contributed by atoms with E-state index in [1.54, 1.807) is 18.5 Å². The molecule has 3 unspecified atom stereocenters. The number of carbonyl (C=O) groups is 10. The summed E-state index contributed by atoms with van der Waals surface area (Å²) in [4.78, 5) is 136. The van der Waals surface area contributed by atoms with Gasteiger partial charge in [-0.15, -0.1) is 0 Å². The summed E-state index contributed by atoms with van der Waals surface area (Å²) in [6.45, 7) is 10.5. The molecule has 1 aromatic carbocycles. The number of pyridine rings is 2. The fourth-order valence-electron chi connectivity index (χ4n) is 9.33. The van der Waals surface area contributed by atoms with Crippen molar-refractivity contribution in [3.05, 3.63) is 73.8 Å². The number of hydrogen-bond acceptors (Lipinski definition) is 16. The van der Waals surface area contributed by atoms with Crippen LogP contribution in [0.2, 0.25) is 4.48 Å². The molecule has 0 bridgehead atoms. The van der Waals surface area contributed by atoms with Crippen molar-refractivity contribution in [2.75, 3.05) is 73.8 Å². The number of ether oxygens (including phenoxy) is 2.